The van der Waals surface area contributed by atoms with Crippen molar-refractivity contribution < 1.29 is 13.2 Å². The lowest BCUT2D eigenvalue weighted by Gasteiger charge is -2.12. The number of carbonyl (C=O) groups is 1. The van der Waals surface area contributed by atoms with Gasteiger partial charge in [0.05, 0.1) is 10.9 Å². The number of Topliss-reactive ketones (excluding diaryl/α,β-unsaturated/α-hetero) is 1. The summed E-state index contributed by atoms with van der Waals surface area (Å²) in [5.74, 6) is -0.136. The van der Waals surface area contributed by atoms with Gasteiger partial charge in [-0.25, -0.2) is 13.1 Å². The fraction of sp³-hybridized carbons (Fsp3) is 0.364. The highest BCUT2D eigenvalue weighted by Crippen LogP contribution is 2.16. The molecule has 6 heteroatoms. The predicted molar refractivity (Wildman–Crippen MR) is 69.2 cm³/mol. The van der Waals surface area contributed by atoms with Gasteiger partial charge in [0.15, 0.2) is 0 Å². The summed E-state index contributed by atoms with van der Waals surface area (Å²) < 4.78 is 26.9. The molecule has 0 aliphatic rings. The van der Waals surface area contributed by atoms with E-state index in [4.69, 9.17) is 0 Å². The van der Waals surface area contributed by atoms with Crippen LogP contribution >= 0.6 is 15.9 Å². The molecule has 4 nitrogen and oxygen atoms in total. The molecular weight excluding hydrogens is 306 g/mol. The molecule has 1 atom stereocenters. The van der Waals surface area contributed by atoms with E-state index in [0.29, 0.717) is 10.9 Å². The Hall–Kier alpha value is -0.720. The molecule has 0 amide bonds. The normalized spacial score (nSPS) is 13.4. The number of halogens is 1. The van der Waals surface area contributed by atoms with Crippen molar-refractivity contribution >= 4 is 31.7 Å². The minimum atomic E-state index is -3.64. The molecule has 0 saturated carbocycles. The van der Waals surface area contributed by atoms with Crippen LogP contribution in [0.25, 0.3) is 0 Å². The lowest BCUT2D eigenvalue weighted by molar-refractivity contribution is -0.119. The van der Waals surface area contributed by atoms with Gasteiger partial charge in [0.2, 0.25) is 10.0 Å². The van der Waals surface area contributed by atoms with Gasteiger partial charge in [0.25, 0.3) is 0 Å². The Morgan fingerprint density at radius 2 is 2.12 bits per heavy atom. The molecule has 0 saturated heterocycles. The van der Waals surface area contributed by atoms with Crippen molar-refractivity contribution in [1.82, 2.24) is 4.72 Å². The smallest absolute Gasteiger partial charge is 0.241 e. The van der Waals surface area contributed by atoms with E-state index in [1.165, 1.54) is 12.1 Å². The molecule has 0 fully saturated rings. The van der Waals surface area contributed by atoms with Crippen LogP contribution in [0.3, 0.4) is 0 Å². The second kappa shape index (κ2) is 5.75. The van der Waals surface area contributed by atoms with Crippen LogP contribution in [0, 0.1) is 0 Å². The first-order valence-electron chi connectivity index (χ1n) is 5.17. The molecule has 0 heterocycles. The van der Waals surface area contributed by atoms with Crippen LogP contribution in [-0.2, 0) is 14.8 Å². The largest absolute Gasteiger partial charge is 0.298 e. The van der Waals surface area contributed by atoms with E-state index in [2.05, 4.69) is 20.7 Å². The molecule has 1 unspecified atom stereocenters. The van der Waals surface area contributed by atoms with E-state index < -0.39 is 16.1 Å². The number of benzene rings is 1. The fourth-order valence-corrected chi connectivity index (χ4v) is 3.13. The molecule has 1 aromatic rings. The Labute approximate surface area is 110 Å². The zero-order valence-corrected chi connectivity index (χ0v) is 12.0. The van der Waals surface area contributed by atoms with E-state index in [0.717, 1.165) is 0 Å². The summed E-state index contributed by atoms with van der Waals surface area (Å²) in [7, 11) is -3.64. The van der Waals surface area contributed by atoms with Crippen molar-refractivity contribution in [3.05, 3.63) is 28.7 Å². The first-order valence-corrected chi connectivity index (χ1v) is 7.45. The highest BCUT2D eigenvalue weighted by molar-refractivity contribution is 9.10. The molecule has 1 N–H and O–H groups in total. The average Bonchev–Trinajstić information content (AvgIpc) is 2.27. The van der Waals surface area contributed by atoms with E-state index in [-0.39, 0.29) is 10.7 Å². The zero-order valence-electron chi connectivity index (χ0n) is 9.60. The van der Waals surface area contributed by atoms with Gasteiger partial charge in [-0.05, 0) is 25.1 Å². The average molecular weight is 320 g/mol. The molecule has 0 radical (unpaired) electrons. The number of rotatable bonds is 5. The molecule has 1 aromatic carbocycles. The molecule has 0 aliphatic heterocycles. The first-order chi connectivity index (χ1) is 7.86. The number of nitrogens with one attached hydrogen (secondary N) is 1. The second-order valence-corrected chi connectivity index (χ2v) is 6.25. The van der Waals surface area contributed by atoms with Gasteiger partial charge in [-0.2, -0.15) is 0 Å². The van der Waals surface area contributed by atoms with Crippen LogP contribution in [0.4, 0.5) is 0 Å². The summed E-state index contributed by atoms with van der Waals surface area (Å²) in [5.41, 5.74) is 0. The van der Waals surface area contributed by atoms with Gasteiger partial charge in [-0.3, -0.25) is 4.79 Å². The third-order valence-electron chi connectivity index (χ3n) is 2.27. The second-order valence-electron chi connectivity index (χ2n) is 3.62. The molecule has 1 rings (SSSR count). The predicted octanol–water partition coefficient (Wildman–Crippen LogP) is 2.09. The third-order valence-corrected chi connectivity index (χ3v) is 4.30. The Bertz CT molecular complexity index is 513. The van der Waals surface area contributed by atoms with Crippen molar-refractivity contribution in [2.45, 2.75) is 31.2 Å². The topological polar surface area (TPSA) is 63.2 Å². The summed E-state index contributed by atoms with van der Waals surface area (Å²) in [5, 5.41) is 0. The maximum Gasteiger partial charge on any atom is 0.241 e. The zero-order chi connectivity index (χ0) is 13.1. The van der Waals surface area contributed by atoms with Crippen molar-refractivity contribution in [2.24, 2.45) is 0 Å². The molecule has 0 aromatic heterocycles. The lowest BCUT2D eigenvalue weighted by atomic mass is 10.2. The van der Waals surface area contributed by atoms with E-state index in [9.17, 15) is 13.2 Å². The lowest BCUT2D eigenvalue weighted by Crippen LogP contribution is -2.38. The summed E-state index contributed by atoms with van der Waals surface area (Å²) in [6, 6.07) is 5.63. The van der Waals surface area contributed by atoms with Crippen LogP contribution in [0.2, 0.25) is 0 Å². The first kappa shape index (κ1) is 14.3. The highest BCUT2D eigenvalue weighted by atomic mass is 79.9. The monoisotopic (exact) mass is 319 g/mol. The Kier molecular flexibility index (Phi) is 4.85. The van der Waals surface area contributed by atoms with Gasteiger partial charge in [0, 0.05) is 10.9 Å². The van der Waals surface area contributed by atoms with Crippen LogP contribution < -0.4 is 4.72 Å². The number of carbonyl (C=O) groups excluding carboxylic acids is 1. The van der Waals surface area contributed by atoms with Gasteiger partial charge in [0.1, 0.15) is 5.78 Å². The molecule has 0 aliphatic carbocycles. The summed E-state index contributed by atoms with van der Waals surface area (Å²) in [4.78, 5) is 11.5. The van der Waals surface area contributed by atoms with E-state index in [1.807, 2.05) is 0 Å². The molecule has 0 bridgehead atoms. The minimum Gasteiger partial charge on any atom is -0.298 e. The number of hydrogen-bond donors (Lipinski definition) is 1. The Morgan fingerprint density at radius 1 is 1.47 bits per heavy atom. The van der Waals surface area contributed by atoms with Crippen LogP contribution in [0.5, 0.6) is 0 Å². The molecule has 0 spiro atoms. The minimum absolute atomic E-state index is 0.136. The summed E-state index contributed by atoms with van der Waals surface area (Å²) in [6.45, 7) is 3.24. The molecular formula is C11H14BrNO3S. The third kappa shape index (κ3) is 3.90. The van der Waals surface area contributed by atoms with Crippen molar-refractivity contribution in [1.29, 1.82) is 0 Å². The van der Waals surface area contributed by atoms with E-state index >= 15 is 0 Å². The maximum atomic E-state index is 11.9. The Morgan fingerprint density at radius 3 is 2.65 bits per heavy atom. The summed E-state index contributed by atoms with van der Waals surface area (Å²) in [6.07, 6.45) is 0.308. The van der Waals surface area contributed by atoms with Crippen molar-refractivity contribution in [3.8, 4) is 0 Å². The van der Waals surface area contributed by atoms with Gasteiger partial charge >= 0.3 is 0 Å². The maximum absolute atomic E-state index is 11.9. The van der Waals surface area contributed by atoms with Crippen LogP contribution in [0.1, 0.15) is 20.3 Å². The fourth-order valence-electron chi connectivity index (χ4n) is 1.31. The highest BCUT2D eigenvalue weighted by Gasteiger charge is 2.20. The van der Waals surface area contributed by atoms with Crippen molar-refractivity contribution in [3.63, 3.8) is 0 Å². The molecule has 17 heavy (non-hydrogen) atoms. The van der Waals surface area contributed by atoms with Crippen LogP contribution in [-0.4, -0.2) is 20.2 Å². The quantitative estimate of drug-likeness (QED) is 0.904. The van der Waals surface area contributed by atoms with E-state index in [1.54, 1.807) is 26.0 Å². The van der Waals surface area contributed by atoms with Crippen LogP contribution in [0.15, 0.2) is 33.6 Å². The number of ketones is 1. The van der Waals surface area contributed by atoms with Crippen molar-refractivity contribution in [2.75, 3.05) is 0 Å². The van der Waals surface area contributed by atoms with Gasteiger partial charge < -0.3 is 0 Å². The van der Waals surface area contributed by atoms with Gasteiger partial charge in [-0.15, -0.1) is 0 Å². The number of sulfonamides is 1. The SMILES string of the molecule is CCC(=O)C(C)NS(=O)(=O)c1cccc(Br)c1. The summed E-state index contributed by atoms with van der Waals surface area (Å²) >= 11 is 3.20. The number of hydrogen-bond acceptors (Lipinski definition) is 3. The van der Waals surface area contributed by atoms with Gasteiger partial charge in [-0.1, -0.05) is 28.9 Å². The standard InChI is InChI=1S/C11H14BrNO3S/c1-3-11(14)8(2)13-17(15,16)10-6-4-5-9(12)7-10/h4-8,13H,3H2,1-2H3. The Balaban J connectivity index is 2.93. The molecule has 94 valence electrons.